The van der Waals surface area contributed by atoms with Crippen LogP contribution < -0.4 is 5.11 Å². The molecule has 0 amide bonds. The van der Waals surface area contributed by atoms with Crippen molar-refractivity contribution < 1.29 is 9.90 Å². The third kappa shape index (κ3) is 1.84. The first-order valence-electron chi connectivity index (χ1n) is 3.88. The maximum Gasteiger partial charge on any atom is 0.0486 e. The van der Waals surface area contributed by atoms with Crippen LogP contribution in [0.4, 0.5) is 0 Å². The van der Waals surface area contributed by atoms with Crippen molar-refractivity contribution in [1.82, 2.24) is 0 Å². The van der Waals surface area contributed by atoms with Gasteiger partial charge in [0.1, 0.15) is 0 Å². The molecule has 0 saturated heterocycles. The van der Waals surface area contributed by atoms with Gasteiger partial charge in [-0.25, -0.2) is 0 Å². The van der Waals surface area contributed by atoms with Crippen molar-refractivity contribution in [3.8, 4) is 0 Å². The average molecular weight is 163 g/mol. The number of hydrogen-bond donors (Lipinski definition) is 0. The summed E-state index contributed by atoms with van der Waals surface area (Å²) in [5.41, 5.74) is 1.92. The first-order chi connectivity index (χ1) is 5.61. The largest absolute Gasteiger partial charge is 0.550 e. The van der Waals surface area contributed by atoms with Crippen LogP contribution >= 0.6 is 0 Å². The SMILES string of the molecule is Cc1ccc(C(C)C(=O)[O-])cc1. The maximum atomic E-state index is 10.5. The Labute approximate surface area is 71.8 Å². The van der Waals surface area contributed by atoms with Gasteiger partial charge in [-0.2, -0.15) is 0 Å². The Balaban J connectivity index is 2.89. The van der Waals surface area contributed by atoms with Crippen molar-refractivity contribution >= 4 is 5.97 Å². The second kappa shape index (κ2) is 3.39. The monoisotopic (exact) mass is 163 g/mol. The van der Waals surface area contributed by atoms with Crippen LogP contribution in [-0.4, -0.2) is 5.97 Å². The van der Waals surface area contributed by atoms with Crippen LogP contribution in [0.2, 0.25) is 0 Å². The van der Waals surface area contributed by atoms with Gasteiger partial charge in [-0.3, -0.25) is 0 Å². The Hall–Kier alpha value is -1.31. The second-order valence-electron chi connectivity index (χ2n) is 2.95. The zero-order valence-electron chi connectivity index (χ0n) is 7.20. The van der Waals surface area contributed by atoms with Crippen LogP contribution in [0.1, 0.15) is 24.0 Å². The standard InChI is InChI=1S/C10H12O2/c1-7-3-5-9(6-4-7)8(2)10(11)12/h3-6,8H,1-2H3,(H,11,12)/p-1. The molecule has 1 aromatic rings. The molecule has 0 aliphatic rings. The van der Waals surface area contributed by atoms with Crippen molar-refractivity contribution in [2.24, 2.45) is 0 Å². The molecule has 0 aliphatic heterocycles. The Kier molecular flexibility index (Phi) is 2.48. The highest BCUT2D eigenvalue weighted by Crippen LogP contribution is 2.14. The highest BCUT2D eigenvalue weighted by Gasteiger charge is 2.04. The molecule has 0 radical (unpaired) electrons. The molecule has 1 unspecified atom stereocenters. The van der Waals surface area contributed by atoms with E-state index >= 15 is 0 Å². The molecule has 12 heavy (non-hydrogen) atoms. The number of hydrogen-bond acceptors (Lipinski definition) is 2. The minimum Gasteiger partial charge on any atom is -0.550 e. The minimum absolute atomic E-state index is 0.523. The van der Waals surface area contributed by atoms with Crippen LogP contribution in [0.25, 0.3) is 0 Å². The van der Waals surface area contributed by atoms with Gasteiger partial charge in [-0.1, -0.05) is 36.8 Å². The lowest BCUT2D eigenvalue weighted by molar-refractivity contribution is -0.307. The second-order valence-corrected chi connectivity index (χ2v) is 2.95. The highest BCUT2D eigenvalue weighted by atomic mass is 16.4. The lowest BCUT2D eigenvalue weighted by Crippen LogP contribution is -2.27. The van der Waals surface area contributed by atoms with Crippen molar-refractivity contribution in [3.63, 3.8) is 0 Å². The van der Waals surface area contributed by atoms with E-state index in [9.17, 15) is 9.90 Å². The Morgan fingerprint density at radius 3 is 2.25 bits per heavy atom. The van der Waals surface area contributed by atoms with Gasteiger partial charge >= 0.3 is 0 Å². The average Bonchev–Trinajstić information content (AvgIpc) is 2.04. The fraction of sp³-hybridized carbons (Fsp3) is 0.300. The van der Waals surface area contributed by atoms with E-state index < -0.39 is 11.9 Å². The van der Waals surface area contributed by atoms with E-state index in [0.717, 1.165) is 11.1 Å². The number of carboxylic acid groups (broad SMARTS) is 1. The molecule has 2 heteroatoms. The van der Waals surface area contributed by atoms with E-state index in [2.05, 4.69) is 0 Å². The Bertz CT molecular complexity index is 274. The molecular weight excluding hydrogens is 152 g/mol. The summed E-state index contributed by atoms with van der Waals surface area (Å²) in [6.07, 6.45) is 0. The molecule has 0 saturated carbocycles. The minimum atomic E-state index is -1.03. The first kappa shape index (κ1) is 8.78. The van der Waals surface area contributed by atoms with Crippen LogP contribution in [0.15, 0.2) is 24.3 Å². The predicted molar refractivity (Wildman–Crippen MR) is 44.6 cm³/mol. The van der Waals surface area contributed by atoms with Gasteiger partial charge < -0.3 is 9.90 Å². The van der Waals surface area contributed by atoms with Crippen molar-refractivity contribution in [1.29, 1.82) is 0 Å². The highest BCUT2D eigenvalue weighted by molar-refractivity contribution is 5.73. The molecule has 0 aliphatic carbocycles. The fourth-order valence-corrected chi connectivity index (χ4v) is 0.991. The van der Waals surface area contributed by atoms with Crippen LogP contribution in [0.5, 0.6) is 0 Å². The summed E-state index contributed by atoms with van der Waals surface area (Å²) in [6.45, 7) is 3.59. The van der Waals surface area contributed by atoms with Crippen LogP contribution in [-0.2, 0) is 4.79 Å². The molecule has 0 aromatic heterocycles. The molecule has 1 aromatic carbocycles. The number of aliphatic carboxylic acids is 1. The topological polar surface area (TPSA) is 40.1 Å². The third-order valence-electron chi connectivity index (χ3n) is 1.93. The zero-order valence-corrected chi connectivity index (χ0v) is 7.20. The van der Waals surface area contributed by atoms with Gasteiger partial charge in [-0.15, -0.1) is 0 Å². The summed E-state index contributed by atoms with van der Waals surface area (Å²) < 4.78 is 0. The Morgan fingerprint density at radius 1 is 1.33 bits per heavy atom. The van der Waals surface area contributed by atoms with Crippen molar-refractivity contribution in [3.05, 3.63) is 35.4 Å². The maximum absolute atomic E-state index is 10.5. The third-order valence-corrected chi connectivity index (χ3v) is 1.93. The quantitative estimate of drug-likeness (QED) is 0.648. The number of carboxylic acids is 1. The van der Waals surface area contributed by atoms with Gasteiger partial charge in [0, 0.05) is 11.9 Å². The van der Waals surface area contributed by atoms with E-state index in [4.69, 9.17) is 0 Å². The van der Waals surface area contributed by atoms with Gasteiger partial charge in [0.05, 0.1) is 0 Å². The van der Waals surface area contributed by atoms with E-state index in [0.29, 0.717) is 0 Å². The predicted octanol–water partition coefficient (Wildman–Crippen LogP) is 0.848. The van der Waals surface area contributed by atoms with E-state index in [-0.39, 0.29) is 0 Å². The smallest absolute Gasteiger partial charge is 0.0486 e. The van der Waals surface area contributed by atoms with E-state index in [1.807, 2.05) is 31.2 Å². The molecule has 1 rings (SSSR count). The molecule has 0 N–H and O–H groups in total. The number of carbonyl (C=O) groups is 1. The van der Waals surface area contributed by atoms with Crippen molar-refractivity contribution in [2.45, 2.75) is 19.8 Å². The molecular formula is C10H11O2-. The summed E-state index contributed by atoms with van der Waals surface area (Å²) in [5.74, 6) is -1.55. The number of benzene rings is 1. The van der Waals surface area contributed by atoms with E-state index in [1.54, 1.807) is 6.92 Å². The van der Waals surface area contributed by atoms with Gasteiger partial charge in [-0.05, 0) is 12.5 Å². The number of rotatable bonds is 2. The molecule has 0 fully saturated rings. The summed E-state index contributed by atoms with van der Waals surface area (Å²) in [5, 5.41) is 10.5. The summed E-state index contributed by atoms with van der Waals surface area (Å²) >= 11 is 0. The molecule has 1 atom stereocenters. The molecule has 2 nitrogen and oxygen atoms in total. The number of carbonyl (C=O) groups excluding carboxylic acids is 1. The summed E-state index contributed by atoms with van der Waals surface area (Å²) in [6, 6.07) is 7.43. The van der Waals surface area contributed by atoms with E-state index in [1.165, 1.54) is 0 Å². The number of aryl methyl sites for hydroxylation is 1. The zero-order chi connectivity index (χ0) is 9.14. The van der Waals surface area contributed by atoms with Gasteiger partial charge in [0.2, 0.25) is 0 Å². The van der Waals surface area contributed by atoms with Crippen LogP contribution in [0.3, 0.4) is 0 Å². The van der Waals surface area contributed by atoms with Gasteiger partial charge in [0.25, 0.3) is 0 Å². The normalized spacial score (nSPS) is 12.5. The van der Waals surface area contributed by atoms with Gasteiger partial charge in [0.15, 0.2) is 0 Å². The molecule has 0 bridgehead atoms. The first-order valence-corrected chi connectivity index (χ1v) is 3.88. The molecule has 0 spiro atoms. The van der Waals surface area contributed by atoms with Crippen molar-refractivity contribution in [2.75, 3.05) is 0 Å². The van der Waals surface area contributed by atoms with Crippen LogP contribution in [0, 0.1) is 6.92 Å². The summed E-state index contributed by atoms with van der Waals surface area (Å²) in [4.78, 5) is 10.5. The fourth-order valence-electron chi connectivity index (χ4n) is 0.991. The molecule has 0 heterocycles. The molecule has 64 valence electrons. The summed E-state index contributed by atoms with van der Waals surface area (Å²) in [7, 11) is 0. The lowest BCUT2D eigenvalue weighted by Gasteiger charge is -2.12. The lowest BCUT2D eigenvalue weighted by atomic mass is 10.0. The Morgan fingerprint density at radius 2 is 1.83 bits per heavy atom.